The van der Waals surface area contributed by atoms with Crippen LogP contribution in [0.4, 0.5) is 5.13 Å². The van der Waals surface area contributed by atoms with Crippen LogP contribution in [0.1, 0.15) is 15.9 Å². The fourth-order valence-corrected chi connectivity index (χ4v) is 4.44. The Morgan fingerprint density at radius 2 is 1.84 bits per heavy atom. The first-order chi connectivity index (χ1) is 12.1. The lowest BCUT2D eigenvalue weighted by Crippen LogP contribution is -2.48. The summed E-state index contributed by atoms with van der Waals surface area (Å²) in [4.78, 5) is 21.6. The van der Waals surface area contributed by atoms with E-state index in [1.54, 1.807) is 11.3 Å². The number of piperazine rings is 1. The molecule has 0 N–H and O–H groups in total. The maximum atomic E-state index is 12.7. The molecule has 4 rings (SSSR count). The molecule has 0 bridgehead atoms. The number of carbonyl (C=O) groups excluding carboxylic acids is 1. The minimum Gasteiger partial charge on any atom is -0.345 e. The molecule has 0 atom stereocenters. The first-order valence-electron chi connectivity index (χ1n) is 8.28. The lowest BCUT2D eigenvalue weighted by atomic mass is 10.1. The lowest BCUT2D eigenvalue weighted by Gasteiger charge is -2.34. The van der Waals surface area contributed by atoms with Crippen LogP contribution in [0.3, 0.4) is 0 Å². The first-order valence-corrected chi connectivity index (χ1v) is 9.48. The second-order valence-electron chi connectivity index (χ2n) is 6.18. The third-order valence-electron chi connectivity index (χ3n) is 4.57. The van der Waals surface area contributed by atoms with E-state index in [1.807, 2.05) is 54.3 Å². The van der Waals surface area contributed by atoms with Gasteiger partial charge in [0.2, 0.25) is 0 Å². The van der Waals surface area contributed by atoms with E-state index < -0.39 is 0 Å². The van der Waals surface area contributed by atoms with Crippen molar-refractivity contribution in [2.24, 2.45) is 0 Å². The van der Waals surface area contributed by atoms with E-state index in [0.717, 1.165) is 39.6 Å². The highest BCUT2D eigenvalue weighted by atomic mass is 35.5. The SMILES string of the molecule is Cc1ccccc1C(=O)N1CCN(c2nc3c(Cl)cccc3s2)CC1. The van der Waals surface area contributed by atoms with Gasteiger partial charge < -0.3 is 9.80 Å². The van der Waals surface area contributed by atoms with Crippen LogP contribution in [-0.4, -0.2) is 42.0 Å². The molecule has 1 saturated heterocycles. The molecule has 2 aromatic carbocycles. The second kappa shape index (κ2) is 6.65. The molecule has 25 heavy (non-hydrogen) atoms. The third kappa shape index (κ3) is 3.10. The molecule has 0 spiro atoms. The van der Waals surface area contributed by atoms with E-state index in [0.29, 0.717) is 18.1 Å². The quantitative estimate of drug-likeness (QED) is 0.676. The van der Waals surface area contributed by atoms with Gasteiger partial charge >= 0.3 is 0 Å². The highest BCUT2D eigenvalue weighted by molar-refractivity contribution is 7.22. The predicted octanol–water partition coefficient (Wildman–Crippen LogP) is 4.22. The number of hydrogen-bond acceptors (Lipinski definition) is 4. The summed E-state index contributed by atoms with van der Waals surface area (Å²) in [5.41, 5.74) is 2.68. The van der Waals surface area contributed by atoms with Gasteiger partial charge in [0.25, 0.3) is 5.91 Å². The van der Waals surface area contributed by atoms with Crippen LogP contribution >= 0.6 is 22.9 Å². The van der Waals surface area contributed by atoms with Crippen molar-refractivity contribution in [2.45, 2.75) is 6.92 Å². The number of aryl methyl sites for hydroxylation is 1. The Bertz CT molecular complexity index is 931. The zero-order valence-corrected chi connectivity index (χ0v) is 15.5. The Labute approximate surface area is 155 Å². The first kappa shape index (κ1) is 16.4. The second-order valence-corrected chi connectivity index (χ2v) is 7.59. The van der Waals surface area contributed by atoms with Crippen molar-refractivity contribution >= 4 is 44.2 Å². The van der Waals surface area contributed by atoms with Gasteiger partial charge in [-0.2, -0.15) is 0 Å². The number of nitrogens with zero attached hydrogens (tertiary/aromatic N) is 3. The molecule has 1 aliphatic rings. The minimum absolute atomic E-state index is 0.116. The Hall–Kier alpha value is -2.11. The molecule has 1 amide bonds. The van der Waals surface area contributed by atoms with Crippen LogP contribution in [0, 0.1) is 6.92 Å². The molecule has 0 saturated carbocycles. The summed E-state index contributed by atoms with van der Waals surface area (Å²) >= 11 is 7.88. The van der Waals surface area contributed by atoms with Gasteiger partial charge in [-0.3, -0.25) is 4.79 Å². The smallest absolute Gasteiger partial charge is 0.254 e. The average molecular weight is 372 g/mol. The van der Waals surface area contributed by atoms with Gasteiger partial charge in [-0.1, -0.05) is 47.2 Å². The molecule has 1 aliphatic heterocycles. The van der Waals surface area contributed by atoms with Crippen LogP contribution < -0.4 is 4.90 Å². The maximum absolute atomic E-state index is 12.7. The number of amides is 1. The Morgan fingerprint density at radius 1 is 1.08 bits per heavy atom. The van der Waals surface area contributed by atoms with Crippen LogP contribution in [-0.2, 0) is 0 Å². The van der Waals surface area contributed by atoms with E-state index in [4.69, 9.17) is 11.6 Å². The number of para-hydroxylation sites is 1. The molecule has 1 aromatic heterocycles. The summed E-state index contributed by atoms with van der Waals surface area (Å²) < 4.78 is 1.10. The fraction of sp³-hybridized carbons (Fsp3) is 0.263. The zero-order valence-electron chi connectivity index (χ0n) is 13.9. The Balaban J connectivity index is 1.48. The Kier molecular flexibility index (Phi) is 4.36. The summed E-state index contributed by atoms with van der Waals surface area (Å²) in [6.45, 7) is 4.96. The molecule has 0 unspecified atom stereocenters. The molecule has 6 heteroatoms. The normalized spacial score (nSPS) is 15.0. The molecule has 3 aromatic rings. The number of anilines is 1. The molecular weight excluding hydrogens is 354 g/mol. The molecule has 0 aliphatic carbocycles. The number of carbonyl (C=O) groups is 1. The van der Waals surface area contributed by atoms with Crippen LogP contribution in [0.5, 0.6) is 0 Å². The molecule has 4 nitrogen and oxygen atoms in total. The summed E-state index contributed by atoms with van der Waals surface area (Å²) in [5.74, 6) is 0.116. The van der Waals surface area contributed by atoms with E-state index in [2.05, 4.69) is 9.88 Å². The fourth-order valence-electron chi connectivity index (χ4n) is 3.12. The van der Waals surface area contributed by atoms with Crippen molar-refractivity contribution < 1.29 is 4.79 Å². The Morgan fingerprint density at radius 3 is 2.56 bits per heavy atom. The highest BCUT2D eigenvalue weighted by Gasteiger charge is 2.24. The summed E-state index contributed by atoms with van der Waals surface area (Å²) in [6, 6.07) is 13.6. The van der Waals surface area contributed by atoms with Crippen molar-refractivity contribution in [1.82, 2.24) is 9.88 Å². The van der Waals surface area contributed by atoms with E-state index in [-0.39, 0.29) is 5.91 Å². The van der Waals surface area contributed by atoms with Crippen LogP contribution in [0.2, 0.25) is 5.02 Å². The number of halogens is 1. The summed E-state index contributed by atoms with van der Waals surface area (Å²) in [6.07, 6.45) is 0. The summed E-state index contributed by atoms with van der Waals surface area (Å²) in [5, 5.41) is 1.67. The standard InChI is InChI=1S/C19H18ClN3OS/c1-13-5-2-3-6-14(13)18(24)22-9-11-23(12-10-22)19-21-17-15(20)7-4-8-16(17)25-19/h2-8H,9-12H2,1H3. The van der Waals surface area contributed by atoms with Crippen LogP contribution in [0.25, 0.3) is 10.2 Å². The van der Waals surface area contributed by atoms with Gasteiger partial charge in [0.15, 0.2) is 5.13 Å². The lowest BCUT2D eigenvalue weighted by molar-refractivity contribution is 0.0746. The van der Waals surface area contributed by atoms with E-state index in [9.17, 15) is 4.79 Å². The van der Waals surface area contributed by atoms with Crippen molar-refractivity contribution in [1.29, 1.82) is 0 Å². The van der Waals surface area contributed by atoms with Crippen molar-refractivity contribution in [3.63, 3.8) is 0 Å². The number of hydrogen-bond donors (Lipinski definition) is 0. The van der Waals surface area contributed by atoms with E-state index in [1.165, 1.54) is 0 Å². The number of fused-ring (bicyclic) bond motifs is 1. The van der Waals surface area contributed by atoms with Gasteiger partial charge in [0.1, 0.15) is 5.52 Å². The zero-order chi connectivity index (χ0) is 17.4. The number of thiazole rings is 1. The largest absolute Gasteiger partial charge is 0.345 e. The molecule has 128 valence electrons. The molecular formula is C19H18ClN3OS. The van der Waals surface area contributed by atoms with Gasteiger partial charge in [-0.15, -0.1) is 0 Å². The average Bonchev–Trinajstić information content (AvgIpc) is 3.07. The van der Waals surface area contributed by atoms with Gasteiger partial charge in [0, 0.05) is 31.7 Å². The van der Waals surface area contributed by atoms with Gasteiger partial charge in [0.05, 0.1) is 9.72 Å². The third-order valence-corrected chi connectivity index (χ3v) is 5.96. The summed E-state index contributed by atoms with van der Waals surface area (Å²) in [7, 11) is 0. The number of benzene rings is 2. The van der Waals surface area contributed by atoms with E-state index >= 15 is 0 Å². The molecule has 1 fully saturated rings. The monoisotopic (exact) mass is 371 g/mol. The minimum atomic E-state index is 0.116. The van der Waals surface area contributed by atoms with Crippen molar-refractivity contribution in [3.05, 3.63) is 58.6 Å². The number of rotatable bonds is 2. The molecule has 2 heterocycles. The topological polar surface area (TPSA) is 36.4 Å². The van der Waals surface area contributed by atoms with Crippen molar-refractivity contribution in [3.8, 4) is 0 Å². The van der Waals surface area contributed by atoms with Crippen LogP contribution in [0.15, 0.2) is 42.5 Å². The molecule has 0 radical (unpaired) electrons. The van der Waals surface area contributed by atoms with Gasteiger partial charge in [-0.25, -0.2) is 4.98 Å². The maximum Gasteiger partial charge on any atom is 0.254 e. The predicted molar refractivity (Wildman–Crippen MR) is 104 cm³/mol. The van der Waals surface area contributed by atoms with Crippen molar-refractivity contribution in [2.75, 3.05) is 31.1 Å². The number of aromatic nitrogens is 1. The van der Waals surface area contributed by atoms with Gasteiger partial charge in [-0.05, 0) is 30.7 Å². The highest BCUT2D eigenvalue weighted by Crippen LogP contribution is 2.33.